The third-order valence-electron chi connectivity index (χ3n) is 6.53. The van der Waals surface area contributed by atoms with Crippen molar-refractivity contribution < 1.29 is 28.5 Å². The number of rotatable bonds is 10. The lowest BCUT2D eigenvalue weighted by Gasteiger charge is -2.27. The summed E-state index contributed by atoms with van der Waals surface area (Å²) in [5.74, 6) is 1.35. The minimum Gasteiger partial charge on any atom is -0.493 e. The number of nitriles is 1. The molecule has 0 spiro atoms. The maximum atomic E-state index is 12.5. The van der Waals surface area contributed by atoms with Gasteiger partial charge in [-0.25, -0.2) is 4.79 Å². The second kappa shape index (κ2) is 12.3. The van der Waals surface area contributed by atoms with Crippen molar-refractivity contribution in [2.24, 2.45) is 5.73 Å². The number of hydrogen-bond donors (Lipinski definition) is 1. The van der Waals surface area contributed by atoms with E-state index in [1.165, 1.54) is 0 Å². The van der Waals surface area contributed by atoms with E-state index in [1.54, 1.807) is 25.3 Å². The minimum atomic E-state index is -0.565. The summed E-state index contributed by atoms with van der Waals surface area (Å²) >= 11 is 0. The Morgan fingerprint density at radius 3 is 2.51 bits per heavy atom. The Kier molecular flexibility index (Phi) is 8.62. The van der Waals surface area contributed by atoms with Crippen molar-refractivity contribution in [3.05, 3.63) is 88.3 Å². The zero-order valence-electron chi connectivity index (χ0n) is 22.6. The third kappa shape index (κ3) is 6.27. The average Bonchev–Trinajstić information content (AvgIpc) is 2.93. The third-order valence-corrected chi connectivity index (χ3v) is 6.53. The minimum absolute atomic E-state index is 0.0150. The number of aryl methyl sites for hydroxylation is 2. The Morgan fingerprint density at radius 2 is 1.79 bits per heavy atom. The molecule has 1 aliphatic rings. The van der Waals surface area contributed by atoms with Gasteiger partial charge >= 0.3 is 5.97 Å². The molecule has 1 aliphatic heterocycles. The summed E-state index contributed by atoms with van der Waals surface area (Å²) in [6.45, 7) is 6.41. The van der Waals surface area contributed by atoms with Gasteiger partial charge in [0.1, 0.15) is 28.9 Å². The molecule has 0 saturated heterocycles. The molecule has 0 bridgehead atoms. The van der Waals surface area contributed by atoms with Crippen LogP contribution in [-0.2, 0) is 4.79 Å². The fraction of sp³-hybridized carbons (Fsp3) is 0.290. The summed E-state index contributed by atoms with van der Waals surface area (Å²) in [5.41, 5.74) is 10.1. The maximum absolute atomic E-state index is 12.5. The number of methoxy groups -OCH3 is 1. The number of fused-ring (bicyclic) bond motifs is 1. The summed E-state index contributed by atoms with van der Waals surface area (Å²) in [6, 6.07) is 18.3. The first kappa shape index (κ1) is 27.4. The monoisotopic (exact) mass is 528 g/mol. The molecular formula is C31H32N2O6. The molecule has 8 heteroatoms. The Hall–Kier alpha value is -4.64. The second-order valence-electron chi connectivity index (χ2n) is 9.25. The molecule has 4 rings (SSSR count). The number of unbranched alkanes of at least 4 members (excludes halogenated alkanes) is 1. The fourth-order valence-corrected chi connectivity index (χ4v) is 4.26. The van der Waals surface area contributed by atoms with E-state index in [9.17, 15) is 10.1 Å². The van der Waals surface area contributed by atoms with E-state index < -0.39 is 11.9 Å². The molecule has 1 heterocycles. The average molecular weight is 529 g/mol. The highest BCUT2D eigenvalue weighted by atomic mass is 16.6. The molecule has 202 valence electrons. The molecule has 0 amide bonds. The van der Waals surface area contributed by atoms with Gasteiger partial charge in [-0.2, -0.15) is 5.26 Å². The lowest BCUT2D eigenvalue weighted by atomic mass is 9.83. The number of esters is 1. The molecule has 0 aromatic heterocycles. The molecular weight excluding hydrogens is 496 g/mol. The Balaban J connectivity index is 1.55. The number of carbonyl (C=O) groups is 1. The number of allylic oxidation sites excluding steroid dienone is 1. The van der Waals surface area contributed by atoms with E-state index in [2.05, 4.69) is 13.0 Å². The molecule has 0 saturated carbocycles. The Bertz CT molecular complexity index is 1440. The summed E-state index contributed by atoms with van der Waals surface area (Å²) in [5, 5.41) is 9.89. The van der Waals surface area contributed by atoms with Crippen molar-refractivity contribution in [1.82, 2.24) is 0 Å². The zero-order valence-corrected chi connectivity index (χ0v) is 22.6. The number of nitrogens with two attached hydrogens (primary N) is 1. The van der Waals surface area contributed by atoms with Crippen LogP contribution >= 0.6 is 0 Å². The molecule has 39 heavy (non-hydrogen) atoms. The quantitative estimate of drug-likeness (QED) is 0.203. The standard InChI is InChI=1S/C31H32N2O6/c1-5-6-13-36-26-12-8-21(15-28(26)35-4)30-24-11-10-23(16-27(24)39-31(33)25(30)17-32)38-29(34)18-37-22-9-7-19(2)20(3)14-22/h7-12,14-16,30H,5-6,13,18,33H2,1-4H3. The fourth-order valence-electron chi connectivity index (χ4n) is 4.26. The van der Waals surface area contributed by atoms with Crippen LogP contribution in [0.2, 0.25) is 0 Å². The molecule has 0 radical (unpaired) electrons. The Labute approximate surface area is 228 Å². The smallest absolute Gasteiger partial charge is 0.349 e. The highest BCUT2D eigenvalue weighted by Gasteiger charge is 2.31. The molecule has 1 unspecified atom stereocenters. The van der Waals surface area contributed by atoms with Crippen LogP contribution < -0.4 is 29.4 Å². The van der Waals surface area contributed by atoms with E-state index in [0.717, 1.165) is 29.5 Å². The molecule has 3 aromatic rings. The highest BCUT2D eigenvalue weighted by molar-refractivity contribution is 5.74. The first-order valence-electron chi connectivity index (χ1n) is 12.8. The molecule has 3 aromatic carbocycles. The van der Waals surface area contributed by atoms with Gasteiger partial charge in [-0.05, 0) is 67.3 Å². The number of carbonyl (C=O) groups excluding carboxylic acids is 1. The Morgan fingerprint density at radius 1 is 1.00 bits per heavy atom. The van der Waals surface area contributed by atoms with Gasteiger partial charge in [0.15, 0.2) is 18.1 Å². The van der Waals surface area contributed by atoms with Crippen LogP contribution in [-0.4, -0.2) is 26.3 Å². The van der Waals surface area contributed by atoms with Crippen LogP contribution in [0.1, 0.15) is 47.9 Å². The van der Waals surface area contributed by atoms with Gasteiger partial charge in [0.25, 0.3) is 0 Å². The van der Waals surface area contributed by atoms with E-state index in [4.69, 9.17) is 29.4 Å². The van der Waals surface area contributed by atoms with Crippen molar-refractivity contribution in [3.8, 4) is 34.8 Å². The highest BCUT2D eigenvalue weighted by Crippen LogP contribution is 2.45. The van der Waals surface area contributed by atoms with Gasteiger partial charge in [0, 0.05) is 11.6 Å². The van der Waals surface area contributed by atoms with E-state index >= 15 is 0 Å². The second-order valence-corrected chi connectivity index (χ2v) is 9.25. The number of ether oxygens (including phenoxy) is 5. The van der Waals surface area contributed by atoms with Gasteiger partial charge in [0.05, 0.1) is 19.6 Å². The molecule has 2 N–H and O–H groups in total. The van der Waals surface area contributed by atoms with E-state index in [-0.39, 0.29) is 23.8 Å². The van der Waals surface area contributed by atoms with Gasteiger partial charge in [0.2, 0.25) is 5.88 Å². The number of nitrogens with zero attached hydrogens (tertiary/aromatic N) is 1. The van der Waals surface area contributed by atoms with Gasteiger partial charge in [-0.15, -0.1) is 0 Å². The van der Waals surface area contributed by atoms with E-state index in [1.807, 2.05) is 50.2 Å². The largest absolute Gasteiger partial charge is 0.493 e. The van der Waals surface area contributed by atoms with Crippen LogP contribution in [0.3, 0.4) is 0 Å². The number of benzene rings is 3. The zero-order chi connectivity index (χ0) is 27.9. The van der Waals surface area contributed by atoms with Crippen LogP contribution in [0.15, 0.2) is 66.1 Å². The first-order valence-corrected chi connectivity index (χ1v) is 12.8. The molecule has 0 fully saturated rings. The first-order chi connectivity index (χ1) is 18.8. The van der Waals surface area contributed by atoms with Crippen LogP contribution in [0.5, 0.6) is 28.7 Å². The molecule has 1 atom stereocenters. The van der Waals surface area contributed by atoms with Crippen LogP contribution in [0, 0.1) is 25.2 Å². The van der Waals surface area contributed by atoms with Crippen LogP contribution in [0.25, 0.3) is 0 Å². The molecule has 8 nitrogen and oxygen atoms in total. The van der Waals surface area contributed by atoms with Gasteiger partial charge in [-0.3, -0.25) is 0 Å². The summed E-state index contributed by atoms with van der Waals surface area (Å²) in [6.07, 6.45) is 1.95. The molecule has 0 aliphatic carbocycles. The van der Waals surface area contributed by atoms with Crippen LogP contribution in [0.4, 0.5) is 0 Å². The summed E-state index contributed by atoms with van der Waals surface area (Å²) in [7, 11) is 1.57. The van der Waals surface area contributed by atoms with Crippen molar-refractivity contribution in [1.29, 1.82) is 5.26 Å². The van der Waals surface area contributed by atoms with Crippen molar-refractivity contribution in [2.45, 2.75) is 39.5 Å². The lowest BCUT2D eigenvalue weighted by molar-refractivity contribution is -0.136. The van der Waals surface area contributed by atoms with Crippen molar-refractivity contribution in [2.75, 3.05) is 20.3 Å². The van der Waals surface area contributed by atoms with Gasteiger partial charge in [-0.1, -0.05) is 31.5 Å². The van der Waals surface area contributed by atoms with E-state index in [0.29, 0.717) is 35.2 Å². The van der Waals surface area contributed by atoms with Crippen molar-refractivity contribution in [3.63, 3.8) is 0 Å². The normalized spacial score (nSPS) is 14.1. The predicted molar refractivity (Wildman–Crippen MR) is 146 cm³/mol. The summed E-state index contributed by atoms with van der Waals surface area (Å²) in [4.78, 5) is 12.5. The number of hydrogen-bond acceptors (Lipinski definition) is 8. The topological polar surface area (TPSA) is 113 Å². The maximum Gasteiger partial charge on any atom is 0.349 e. The summed E-state index contributed by atoms with van der Waals surface area (Å²) < 4.78 is 28.2. The van der Waals surface area contributed by atoms with Crippen molar-refractivity contribution >= 4 is 5.97 Å². The lowest BCUT2D eigenvalue weighted by Crippen LogP contribution is -2.22. The van der Waals surface area contributed by atoms with Gasteiger partial charge < -0.3 is 29.4 Å². The predicted octanol–water partition coefficient (Wildman–Crippen LogP) is 5.69. The SMILES string of the molecule is CCCCOc1ccc(C2C(C#N)=C(N)Oc3cc(OC(=O)COc4ccc(C)c(C)c4)ccc32)cc1OC.